The van der Waals surface area contributed by atoms with Crippen LogP contribution in [0.4, 0.5) is 5.82 Å². The molecule has 0 bridgehead atoms. The molecule has 0 atom stereocenters. The molecule has 0 unspecified atom stereocenters. The topological polar surface area (TPSA) is 43.3 Å². The van der Waals surface area contributed by atoms with E-state index in [1.807, 2.05) is 35.7 Å². The van der Waals surface area contributed by atoms with Gasteiger partial charge in [-0.3, -0.25) is 4.40 Å². The van der Waals surface area contributed by atoms with E-state index in [9.17, 15) is 0 Å². The Kier molecular flexibility index (Phi) is 2.24. The number of imidazole rings is 1. The van der Waals surface area contributed by atoms with Crippen LogP contribution in [0.1, 0.15) is 5.69 Å². The Morgan fingerprint density at radius 1 is 1.42 bits per heavy atom. The number of hydrogen-bond acceptors (Lipinski definition) is 2. The Labute approximate surface area is 76.6 Å². The van der Waals surface area contributed by atoms with Gasteiger partial charge in [0.2, 0.25) is 0 Å². The van der Waals surface area contributed by atoms with Crippen LogP contribution in [0.3, 0.4) is 0 Å². The number of aryl methyl sites for hydroxylation is 1. The van der Waals surface area contributed by atoms with Crippen LogP contribution in [0.25, 0.3) is 5.65 Å². The predicted octanol–water partition coefficient (Wildman–Crippen LogP) is 1.65. The lowest BCUT2D eigenvalue weighted by atomic mass is 10.4. The highest BCUT2D eigenvalue weighted by Crippen LogP contribution is 2.08. The molecule has 0 amide bonds. The van der Waals surface area contributed by atoms with Gasteiger partial charge in [-0.05, 0) is 19.1 Å². The van der Waals surface area contributed by atoms with Crippen molar-refractivity contribution in [1.82, 2.24) is 9.38 Å². The molecule has 3 nitrogen and oxygen atoms in total. The van der Waals surface area contributed by atoms with Gasteiger partial charge in [0.25, 0.3) is 0 Å². The summed E-state index contributed by atoms with van der Waals surface area (Å²) in [4.78, 5) is 4.26. The average Bonchev–Trinajstić information content (AvgIpc) is 2.31. The summed E-state index contributed by atoms with van der Waals surface area (Å²) >= 11 is 0. The summed E-state index contributed by atoms with van der Waals surface area (Å²) in [7, 11) is 0. The highest BCUT2D eigenvalue weighted by Gasteiger charge is 1.97. The lowest BCUT2D eigenvalue weighted by molar-refractivity contribution is 1.20. The summed E-state index contributed by atoms with van der Waals surface area (Å²) in [6.07, 6.45) is 1.92. The van der Waals surface area contributed by atoms with Crippen molar-refractivity contribution < 1.29 is 0 Å². The van der Waals surface area contributed by atoms with E-state index in [4.69, 9.17) is 5.73 Å². The number of pyridine rings is 1. The predicted molar refractivity (Wildman–Crippen MR) is 51.6 cm³/mol. The Morgan fingerprint density at radius 3 is 2.83 bits per heavy atom. The van der Waals surface area contributed by atoms with Crippen LogP contribution in [0.15, 0.2) is 24.4 Å². The fourth-order valence-electron chi connectivity index (χ4n) is 1.15. The van der Waals surface area contributed by atoms with Gasteiger partial charge in [0.05, 0.1) is 5.69 Å². The Bertz CT molecular complexity index is 394. The number of halogens is 1. The van der Waals surface area contributed by atoms with E-state index in [1.165, 1.54) is 0 Å². The van der Waals surface area contributed by atoms with Gasteiger partial charge in [-0.1, -0.05) is 6.07 Å². The average molecular weight is 184 g/mol. The Balaban J connectivity index is 0.000000720. The molecule has 0 fully saturated rings. The van der Waals surface area contributed by atoms with Crippen molar-refractivity contribution in [3.63, 3.8) is 0 Å². The van der Waals surface area contributed by atoms with Crippen LogP contribution in [-0.4, -0.2) is 9.38 Å². The third-order valence-electron chi connectivity index (χ3n) is 1.64. The van der Waals surface area contributed by atoms with E-state index in [0.717, 1.165) is 17.2 Å². The smallest absolute Gasteiger partial charge is 0.138 e. The zero-order chi connectivity index (χ0) is 7.84. The second-order valence-electron chi connectivity index (χ2n) is 2.56. The van der Waals surface area contributed by atoms with Gasteiger partial charge in [-0.25, -0.2) is 4.98 Å². The number of aromatic nitrogens is 2. The molecule has 0 aliphatic rings. The fraction of sp³-hybridized carbons (Fsp3) is 0.125. The third-order valence-corrected chi connectivity index (χ3v) is 1.64. The fourth-order valence-corrected chi connectivity index (χ4v) is 1.15. The van der Waals surface area contributed by atoms with Crippen LogP contribution >= 0.6 is 12.4 Å². The number of nitrogens with two attached hydrogens (primary N) is 1. The van der Waals surface area contributed by atoms with Crippen molar-refractivity contribution in [3.8, 4) is 0 Å². The summed E-state index contributed by atoms with van der Waals surface area (Å²) in [6, 6.07) is 5.69. The van der Waals surface area contributed by atoms with E-state index < -0.39 is 0 Å². The van der Waals surface area contributed by atoms with Gasteiger partial charge >= 0.3 is 0 Å². The van der Waals surface area contributed by atoms with Gasteiger partial charge in [0.15, 0.2) is 0 Å². The lowest BCUT2D eigenvalue weighted by Gasteiger charge is -1.95. The normalized spacial score (nSPS) is 9.75. The summed E-state index contributed by atoms with van der Waals surface area (Å²) in [5.74, 6) is 0.725. The minimum Gasteiger partial charge on any atom is -0.385 e. The maximum absolute atomic E-state index is 5.69. The van der Waals surface area contributed by atoms with E-state index in [2.05, 4.69) is 4.98 Å². The molecule has 2 aromatic heterocycles. The summed E-state index contributed by atoms with van der Waals surface area (Å²) in [5.41, 5.74) is 7.59. The third kappa shape index (κ3) is 1.23. The number of fused-ring (bicyclic) bond motifs is 1. The largest absolute Gasteiger partial charge is 0.385 e. The quantitative estimate of drug-likeness (QED) is 0.675. The van der Waals surface area contributed by atoms with Crippen LogP contribution in [-0.2, 0) is 0 Å². The van der Waals surface area contributed by atoms with Crippen molar-refractivity contribution in [3.05, 3.63) is 30.1 Å². The number of anilines is 1. The minimum absolute atomic E-state index is 0. The highest BCUT2D eigenvalue weighted by molar-refractivity contribution is 5.85. The second-order valence-corrected chi connectivity index (χ2v) is 2.56. The second kappa shape index (κ2) is 3.03. The van der Waals surface area contributed by atoms with Crippen molar-refractivity contribution in [1.29, 1.82) is 0 Å². The van der Waals surface area contributed by atoms with Gasteiger partial charge in [0.1, 0.15) is 11.5 Å². The summed E-state index contributed by atoms with van der Waals surface area (Å²) < 4.78 is 1.87. The molecule has 2 N–H and O–H groups in total. The van der Waals surface area contributed by atoms with Gasteiger partial charge in [-0.15, -0.1) is 12.4 Å². The van der Waals surface area contributed by atoms with E-state index in [-0.39, 0.29) is 12.4 Å². The van der Waals surface area contributed by atoms with Gasteiger partial charge in [0, 0.05) is 6.20 Å². The van der Waals surface area contributed by atoms with E-state index in [1.54, 1.807) is 0 Å². The molecule has 64 valence electrons. The number of rotatable bonds is 0. The molecule has 0 aliphatic carbocycles. The first-order chi connectivity index (χ1) is 5.27. The van der Waals surface area contributed by atoms with E-state index >= 15 is 0 Å². The summed E-state index contributed by atoms with van der Waals surface area (Å²) in [6.45, 7) is 1.95. The van der Waals surface area contributed by atoms with Crippen molar-refractivity contribution in [2.45, 2.75) is 6.92 Å². The molecule has 2 aromatic rings. The molecule has 0 saturated carbocycles. The molecule has 2 heterocycles. The first-order valence-corrected chi connectivity index (χ1v) is 3.47. The first kappa shape index (κ1) is 8.87. The van der Waals surface area contributed by atoms with Crippen LogP contribution in [0.2, 0.25) is 0 Å². The molecule has 0 aliphatic heterocycles. The monoisotopic (exact) mass is 183 g/mol. The molecule has 4 heteroatoms. The molecule has 12 heavy (non-hydrogen) atoms. The SMILES string of the molecule is Cc1cn2c(N)cccc2n1.Cl. The molecule has 0 radical (unpaired) electrons. The van der Waals surface area contributed by atoms with Crippen LogP contribution in [0, 0.1) is 6.92 Å². The highest BCUT2D eigenvalue weighted by atomic mass is 35.5. The molecule has 0 saturated heterocycles. The van der Waals surface area contributed by atoms with Gasteiger partial charge < -0.3 is 5.73 Å². The molecule has 2 rings (SSSR count). The standard InChI is InChI=1S/C8H9N3.ClH/c1-6-5-11-7(9)3-2-4-8(11)10-6;/h2-5H,9H2,1H3;1H. The Hall–Kier alpha value is -1.22. The van der Waals surface area contributed by atoms with Crippen molar-refractivity contribution in [2.75, 3.05) is 5.73 Å². The van der Waals surface area contributed by atoms with Crippen LogP contribution < -0.4 is 5.73 Å². The van der Waals surface area contributed by atoms with E-state index in [0.29, 0.717) is 0 Å². The maximum Gasteiger partial charge on any atom is 0.138 e. The number of hydrogen-bond donors (Lipinski definition) is 1. The number of nitrogens with zero attached hydrogens (tertiary/aromatic N) is 2. The zero-order valence-corrected chi connectivity index (χ0v) is 7.51. The Morgan fingerprint density at radius 2 is 2.17 bits per heavy atom. The zero-order valence-electron chi connectivity index (χ0n) is 6.69. The van der Waals surface area contributed by atoms with Gasteiger partial charge in [-0.2, -0.15) is 0 Å². The molecular weight excluding hydrogens is 174 g/mol. The number of nitrogen functional groups attached to an aromatic ring is 1. The molecule has 0 spiro atoms. The minimum atomic E-state index is 0. The molecular formula is C8H10ClN3. The lowest BCUT2D eigenvalue weighted by Crippen LogP contribution is -1.93. The van der Waals surface area contributed by atoms with Crippen molar-refractivity contribution >= 4 is 23.9 Å². The summed E-state index contributed by atoms with van der Waals surface area (Å²) in [5, 5.41) is 0. The van der Waals surface area contributed by atoms with Crippen LogP contribution in [0.5, 0.6) is 0 Å². The van der Waals surface area contributed by atoms with Crippen molar-refractivity contribution in [2.24, 2.45) is 0 Å². The molecule has 0 aromatic carbocycles. The maximum atomic E-state index is 5.69. The first-order valence-electron chi connectivity index (χ1n) is 3.47.